The maximum absolute atomic E-state index is 13.2. The van der Waals surface area contributed by atoms with Gasteiger partial charge in [-0.3, -0.25) is 4.79 Å². The second-order valence-corrected chi connectivity index (χ2v) is 4.49. The molecule has 0 aromatic heterocycles. The second-order valence-electron chi connectivity index (χ2n) is 4.23. The maximum atomic E-state index is 13.2. The SMILES string of the molecule is COc1cc(F)cc(C(=O)C(C)(C)CCl)c1. The number of rotatable bonds is 4. The van der Waals surface area contributed by atoms with E-state index in [2.05, 4.69) is 0 Å². The lowest BCUT2D eigenvalue weighted by Gasteiger charge is -2.19. The van der Waals surface area contributed by atoms with E-state index < -0.39 is 11.2 Å². The van der Waals surface area contributed by atoms with Gasteiger partial charge in [0.05, 0.1) is 7.11 Å². The summed E-state index contributed by atoms with van der Waals surface area (Å²) in [4.78, 5) is 12.0. The summed E-state index contributed by atoms with van der Waals surface area (Å²) in [5, 5.41) is 0. The molecule has 16 heavy (non-hydrogen) atoms. The molecule has 2 nitrogen and oxygen atoms in total. The molecule has 0 unspecified atom stereocenters. The van der Waals surface area contributed by atoms with Gasteiger partial charge in [-0.1, -0.05) is 13.8 Å². The summed E-state index contributed by atoms with van der Waals surface area (Å²) < 4.78 is 18.1. The van der Waals surface area contributed by atoms with Gasteiger partial charge in [0, 0.05) is 22.9 Å². The number of carbonyl (C=O) groups excluding carboxylic acids is 1. The molecule has 1 rings (SSSR count). The van der Waals surface area contributed by atoms with E-state index in [1.54, 1.807) is 13.8 Å². The van der Waals surface area contributed by atoms with Crippen LogP contribution in [-0.2, 0) is 0 Å². The standard InChI is InChI=1S/C12H14ClFO2/c1-12(2,7-13)11(15)8-4-9(14)6-10(5-8)16-3/h4-6H,7H2,1-3H3. The Bertz CT molecular complexity index is 402. The number of benzene rings is 1. The van der Waals surface area contributed by atoms with Gasteiger partial charge >= 0.3 is 0 Å². The van der Waals surface area contributed by atoms with Gasteiger partial charge in [-0.15, -0.1) is 11.6 Å². The Morgan fingerprint density at radius 3 is 2.56 bits per heavy atom. The third-order valence-electron chi connectivity index (χ3n) is 2.32. The fourth-order valence-corrected chi connectivity index (χ4v) is 1.38. The van der Waals surface area contributed by atoms with Gasteiger partial charge in [-0.25, -0.2) is 4.39 Å². The van der Waals surface area contributed by atoms with E-state index >= 15 is 0 Å². The minimum atomic E-state index is -0.708. The highest BCUT2D eigenvalue weighted by Gasteiger charge is 2.28. The average molecular weight is 245 g/mol. The van der Waals surface area contributed by atoms with Gasteiger partial charge in [0.15, 0.2) is 5.78 Å². The molecular weight excluding hydrogens is 231 g/mol. The molecule has 0 atom stereocenters. The number of Topliss-reactive ketones (excluding diaryl/α,β-unsaturated/α-hetero) is 1. The van der Waals surface area contributed by atoms with Crippen LogP contribution in [0.15, 0.2) is 18.2 Å². The Kier molecular flexibility index (Phi) is 3.92. The van der Waals surface area contributed by atoms with Crippen LogP contribution in [0.25, 0.3) is 0 Å². The number of methoxy groups -OCH3 is 1. The van der Waals surface area contributed by atoms with Gasteiger partial charge < -0.3 is 4.74 Å². The molecule has 0 amide bonds. The van der Waals surface area contributed by atoms with Crippen LogP contribution in [0.1, 0.15) is 24.2 Å². The van der Waals surface area contributed by atoms with Gasteiger partial charge in [-0.2, -0.15) is 0 Å². The van der Waals surface area contributed by atoms with Gasteiger partial charge in [0.1, 0.15) is 11.6 Å². The van der Waals surface area contributed by atoms with Gasteiger partial charge in [0.25, 0.3) is 0 Å². The van der Waals surface area contributed by atoms with Crippen LogP contribution in [-0.4, -0.2) is 18.8 Å². The van der Waals surface area contributed by atoms with Gasteiger partial charge in [-0.05, 0) is 12.1 Å². The van der Waals surface area contributed by atoms with Crippen LogP contribution in [0.2, 0.25) is 0 Å². The molecule has 0 heterocycles. The van der Waals surface area contributed by atoms with Crippen molar-refractivity contribution in [1.82, 2.24) is 0 Å². The molecule has 1 aromatic rings. The van der Waals surface area contributed by atoms with Crippen molar-refractivity contribution in [2.24, 2.45) is 5.41 Å². The van der Waals surface area contributed by atoms with E-state index in [-0.39, 0.29) is 17.2 Å². The van der Waals surface area contributed by atoms with E-state index in [0.717, 1.165) is 0 Å². The van der Waals surface area contributed by atoms with Crippen molar-refractivity contribution in [2.45, 2.75) is 13.8 Å². The monoisotopic (exact) mass is 244 g/mol. The van der Waals surface area contributed by atoms with E-state index in [0.29, 0.717) is 5.75 Å². The number of hydrogen-bond acceptors (Lipinski definition) is 2. The summed E-state index contributed by atoms with van der Waals surface area (Å²) >= 11 is 5.71. The molecule has 0 aliphatic rings. The predicted molar refractivity (Wildman–Crippen MR) is 61.8 cm³/mol. The molecule has 0 radical (unpaired) electrons. The third kappa shape index (κ3) is 2.73. The smallest absolute Gasteiger partial charge is 0.169 e. The number of halogens is 2. The molecule has 0 aliphatic carbocycles. The van der Waals surface area contributed by atoms with Crippen molar-refractivity contribution in [3.63, 3.8) is 0 Å². The first kappa shape index (κ1) is 13.0. The number of carbonyl (C=O) groups is 1. The lowest BCUT2D eigenvalue weighted by molar-refractivity contribution is 0.0861. The zero-order chi connectivity index (χ0) is 12.3. The highest BCUT2D eigenvalue weighted by molar-refractivity contribution is 6.21. The highest BCUT2D eigenvalue weighted by atomic mass is 35.5. The normalized spacial score (nSPS) is 11.3. The Labute approximate surface area is 99.4 Å². The van der Waals surface area contributed by atoms with Crippen molar-refractivity contribution < 1.29 is 13.9 Å². The number of alkyl halides is 1. The largest absolute Gasteiger partial charge is 0.497 e. The van der Waals surface area contributed by atoms with Crippen LogP contribution >= 0.6 is 11.6 Å². The highest BCUT2D eigenvalue weighted by Crippen LogP contribution is 2.26. The number of ketones is 1. The molecule has 1 aromatic carbocycles. The van der Waals surface area contributed by atoms with Crippen LogP contribution < -0.4 is 4.74 Å². The quantitative estimate of drug-likeness (QED) is 0.600. The van der Waals surface area contributed by atoms with Crippen molar-refractivity contribution in [3.8, 4) is 5.75 Å². The summed E-state index contributed by atoms with van der Waals surface area (Å²) in [6, 6.07) is 3.93. The zero-order valence-electron chi connectivity index (χ0n) is 9.51. The molecule has 4 heteroatoms. The Morgan fingerprint density at radius 2 is 2.06 bits per heavy atom. The van der Waals surface area contributed by atoms with Crippen molar-refractivity contribution in [3.05, 3.63) is 29.6 Å². The van der Waals surface area contributed by atoms with Crippen molar-refractivity contribution >= 4 is 17.4 Å². The molecule has 0 N–H and O–H groups in total. The van der Waals surface area contributed by atoms with Crippen LogP contribution in [0.5, 0.6) is 5.75 Å². The summed E-state index contributed by atoms with van der Waals surface area (Å²) in [5.74, 6) is -0.174. The summed E-state index contributed by atoms with van der Waals surface area (Å²) in [6.07, 6.45) is 0. The Balaban J connectivity index is 3.13. The molecule has 0 spiro atoms. The van der Waals surface area contributed by atoms with Crippen LogP contribution in [0, 0.1) is 11.2 Å². The number of ether oxygens (including phenoxy) is 1. The molecule has 0 bridgehead atoms. The third-order valence-corrected chi connectivity index (χ3v) is 2.99. The minimum absolute atomic E-state index is 0.185. The fraction of sp³-hybridized carbons (Fsp3) is 0.417. The van der Waals surface area contributed by atoms with Gasteiger partial charge in [0.2, 0.25) is 0 Å². The minimum Gasteiger partial charge on any atom is -0.497 e. The molecule has 0 fully saturated rings. The predicted octanol–water partition coefficient (Wildman–Crippen LogP) is 3.28. The lowest BCUT2D eigenvalue weighted by Crippen LogP contribution is -2.26. The molecular formula is C12H14ClFO2. The molecule has 88 valence electrons. The second kappa shape index (κ2) is 4.83. The van der Waals surface area contributed by atoms with E-state index in [4.69, 9.17) is 16.3 Å². The topological polar surface area (TPSA) is 26.3 Å². The molecule has 0 aliphatic heterocycles. The first-order valence-corrected chi connectivity index (χ1v) is 5.39. The van der Waals surface area contributed by atoms with Crippen molar-refractivity contribution in [1.29, 1.82) is 0 Å². The first-order chi connectivity index (χ1) is 7.40. The summed E-state index contributed by atoms with van der Waals surface area (Å²) in [6.45, 7) is 3.44. The molecule has 0 saturated carbocycles. The van der Waals surface area contributed by atoms with E-state index in [9.17, 15) is 9.18 Å². The first-order valence-electron chi connectivity index (χ1n) is 4.86. The van der Waals surface area contributed by atoms with E-state index in [1.165, 1.54) is 25.3 Å². The average Bonchev–Trinajstić information content (AvgIpc) is 2.27. The van der Waals surface area contributed by atoms with Crippen LogP contribution in [0.4, 0.5) is 4.39 Å². The van der Waals surface area contributed by atoms with E-state index in [1.807, 2.05) is 0 Å². The van der Waals surface area contributed by atoms with Crippen molar-refractivity contribution in [2.75, 3.05) is 13.0 Å². The lowest BCUT2D eigenvalue weighted by atomic mass is 9.86. The number of hydrogen-bond donors (Lipinski definition) is 0. The fourth-order valence-electron chi connectivity index (χ4n) is 1.26. The maximum Gasteiger partial charge on any atom is 0.169 e. The Hall–Kier alpha value is -1.09. The summed E-state index contributed by atoms with van der Waals surface area (Å²) in [5.41, 5.74) is -0.428. The summed E-state index contributed by atoms with van der Waals surface area (Å²) in [7, 11) is 1.43. The van der Waals surface area contributed by atoms with Crippen LogP contribution in [0.3, 0.4) is 0 Å². The Morgan fingerprint density at radius 1 is 1.44 bits per heavy atom. The molecule has 0 saturated heterocycles. The zero-order valence-corrected chi connectivity index (χ0v) is 10.3.